The van der Waals surface area contributed by atoms with Crippen LogP contribution in [-0.4, -0.2) is 16.9 Å². The van der Waals surface area contributed by atoms with Crippen molar-refractivity contribution < 1.29 is 14.7 Å². The number of carbonyl (C=O) groups excluding carboxylic acids is 1. The lowest BCUT2D eigenvalue weighted by Crippen LogP contribution is -2.18. The molecule has 1 N–H and O–H groups in total. The van der Waals surface area contributed by atoms with Gasteiger partial charge in [-0.3, -0.25) is 9.59 Å². The number of carboxylic acids is 1. The Balaban J connectivity index is 2.24. The van der Waals surface area contributed by atoms with Crippen LogP contribution >= 0.6 is 0 Å². The second-order valence-electron chi connectivity index (χ2n) is 5.79. The van der Waals surface area contributed by atoms with Crippen molar-refractivity contribution in [1.29, 1.82) is 0 Å². The molecule has 0 radical (unpaired) electrons. The summed E-state index contributed by atoms with van der Waals surface area (Å²) in [6.45, 7) is 4.03. The number of hydrogen-bond acceptors (Lipinski definition) is 2. The molecule has 20 heavy (non-hydrogen) atoms. The highest BCUT2D eigenvalue weighted by molar-refractivity contribution is 5.83. The summed E-state index contributed by atoms with van der Waals surface area (Å²) in [5.41, 5.74) is 4.59. The molecule has 3 heteroatoms. The number of carbonyl (C=O) groups is 2. The first-order chi connectivity index (χ1) is 9.51. The highest BCUT2D eigenvalue weighted by Crippen LogP contribution is 2.26. The first-order valence-electron chi connectivity index (χ1n) is 7.37. The van der Waals surface area contributed by atoms with E-state index in [9.17, 15) is 14.7 Å². The van der Waals surface area contributed by atoms with E-state index >= 15 is 0 Å². The molecule has 1 aromatic rings. The fourth-order valence-corrected chi connectivity index (χ4v) is 2.98. The zero-order valence-electron chi connectivity index (χ0n) is 12.2. The topological polar surface area (TPSA) is 54.4 Å². The molecule has 0 saturated heterocycles. The van der Waals surface area contributed by atoms with Gasteiger partial charge in [-0.25, -0.2) is 0 Å². The Labute approximate surface area is 120 Å². The summed E-state index contributed by atoms with van der Waals surface area (Å²) in [5, 5.41) is 9.29. The standard InChI is InChI=1S/C17H22O3/c1-3-4-13(17(19)20)9-14-8-12-5-6-16(18)10-15(12)7-11(14)2/h7-8,13H,3-6,9-10H2,1-2H3,(H,19,20). The predicted molar refractivity (Wildman–Crippen MR) is 77.9 cm³/mol. The van der Waals surface area contributed by atoms with E-state index in [0.29, 0.717) is 31.5 Å². The average molecular weight is 274 g/mol. The quantitative estimate of drug-likeness (QED) is 0.897. The molecule has 0 spiro atoms. The molecule has 108 valence electrons. The van der Waals surface area contributed by atoms with Crippen molar-refractivity contribution in [3.63, 3.8) is 0 Å². The highest BCUT2D eigenvalue weighted by atomic mass is 16.4. The first kappa shape index (κ1) is 14.8. The number of carboxylic acid groups (broad SMARTS) is 1. The van der Waals surface area contributed by atoms with E-state index in [0.717, 1.165) is 29.5 Å². The summed E-state index contributed by atoms with van der Waals surface area (Å²) in [4.78, 5) is 22.8. The summed E-state index contributed by atoms with van der Waals surface area (Å²) in [5.74, 6) is -0.708. The van der Waals surface area contributed by atoms with E-state index in [2.05, 4.69) is 12.1 Å². The Hall–Kier alpha value is -1.64. The smallest absolute Gasteiger partial charge is 0.306 e. The van der Waals surface area contributed by atoms with Gasteiger partial charge >= 0.3 is 5.97 Å². The SMILES string of the molecule is CCCC(Cc1cc2c(cc1C)CC(=O)CC2)C(=O)O. The minimum Gasteiger partial charge on any atom is -0.481 e. The Morgan fingerprint density at radius 2 is 2.05 bits per heavy atom. The molecule has 0 aromatic heterocycles. The first-order valence-corrected chi connectivity index (χ1v) is 7.37. The molecule has 3 nitrogen and oxygen atoms in total. The summed E-state index contributed by atoms with van der Waals surface area (Å²) >= 11 is 0. The van der Waals surface area contributed by atoms with Gasteiger partial charge in [0.05, 0.1) is 5.92 Å². The van der Waals surface area contributed by atoms with Crippen LogP contribution < -0.4 is 0 Å². The number of benzene rings is 1. The molecule has 1 aromatic carbocycles. The van der Waals surface area contributed by atoms with Gasteiger partial charge in [0, 0.05) is 12.8 Å². The molecule has 1 unspecified atom stereocenters. The van der Waals surface area contributed by atoms with E-state index < -0.39 is 5.97 Å². The summed E-state index contributed by atoms with van der Waals surface area (Å²) < 4.78 is 0. The van der Waals surface area contributed by atoms with Crippen LogP contribution in [0.2, 0.25) is 0 Å². The minimum absolute atomic E-state index is 0.304. The third kappa shape index (κ3) is 3.27. The monoisotopic (exact) mass is 274 g/mol. The normalized spacial score (nSPS) is 15.8. The molecular formula is C17H22O3. The van der Waals surface area contributed by atoms with Gasteiger partial charge < -0.3 is 5.11 Å². The molecular weight excluding hydrogens is 252 g/mol. The number of Topliss-reactive ketones (excluding diaryl/α,β-unsaturated/α-hetero) is 1. The number of fused-ring (bicyclic) bond motifs is 1. The lowest BCUT2D eigenvalue weighted by molar-refractivity contribution is -0.142. The van der Waals surface area contributed by atoms with Gasteiger partial charge in [0.1, 0.15) is 5.78 Å². The van der Waals surface area contributed by atoms with Crippen LogP contribution in [0.5, 0.6) is 0 Å². The largest absolute Gasteiger partial charge is 0.481 e. The van der Waals surface area contributed by atoms with Crippen LogP contribution in [0, 0.1) is 12.8 Å². The molecule has 0 aliphatic heterocycles. The number of rotatable bonds is 5. The summed E-state index contributed by atoms with van der Waals surface area (Å²) in [6, 6.07) is 4.20. The second kappa shape index (κ2) is 6.21. The van der Waals surface area contributed by atoms with Gasteiger partial charge in [0.15, 0.2) is 0 Å². The minimum atomic E-state index is -0.709. The fourth-order valence-electron chi connectivity index (χ4n) is 2.98. The highest BCUT2D eigenvalue weighted by Gasteiger charge is 2.21. The van der Waals surface area contributed by atoms with Crippen molar-refractivity contribution in [2.45, 2.75) is 52.4 Å². The van der Waals surface area contributed by atoms with E-state index in [1.165, 1.54) is 5.56 Å². The average Bonchev–Trinajstić information content (AvgIpc) is 2.39. The van der Waals surface area contributed by atoms with E-state index in [1.807, 2.05) is 13.8 Å². The molecule has 1 aliphatic carbocycles. The van der Waals surface area contributed by atoms with Crippen LogP contribution in [0.25, 0.3) is 0 Å². The Morgan fingerprint density at radius 1 is 1.30 bits per heavy atom. The van der Waals surface area contributed by atoms with Crippen LogP contribution in [0.4, 0.5) is 0 Å². The number of aryl methyl sites for hydroxylation is 2. The maximum atomic E-state index is 11.5. The maximum absolute atomic E-state index is 11.5. The van der Waals surface area contributed by atoms with Gasteiger partial charge in [-0.15, -0.1) is 0 Å². The fraction of sp³-hybridized carbons (Fsp3) is 0.529. The molecule has 0 fully saturated rings. The molecule has 0 bridgehead atoms. The third-order valence-corrected chi connectivity index (χ3v) is 4.17. The molecule has 0 heterocycles. The second-order valence-corrected chi connectivity index (χ2v) is 5.79. The molecule has 0 amide bonds. The van der Waals surface area contributed by atoms with Crippen LogP contribution in [0.3, 0.4) is 0 Å². The van der Waals surface area contributed by atoms with E-state index in [4.69, 9.17) is 0 Å². The number of aliphatic carboxylic acids is 1. The molecule has 0 saturated carbocycles. The van der Waals surface area contributed by atoms with Crippen molar-refractivity contribution in [3.05, 3.63) is 34.4 Å². The van der Waals surface area contributed by atoms with E-state index in [-0.39, 0.29) is 5.92 Å². The van der Waals surface area contributed by atoms with Crippen molar-refractivity contribution in [1.82, 2.24) is 0 Å². The van der Waals surface area contributed by atoms with Gasteiger partial charge in [0.25, 0.3) is 0 Å². The zero-order valence-corrected chi connectivity index (χ0v) is 12.2. The molecule has 2 rings (SSSR count). The predicted octanol–water partition coefficient (Wildman–Crippen LogP) is 3.10. The van der Waals surface area contributed by atoms with Crippen molar-refractivity contribution in [3.8, 4) is 0 Å². The third-order valence-electron chi connectivity index (χ3n) is 4.17. The Bertz CT molecular complexity index is 531. The van der Waals surface area contributed by atoms with Crippen molar-refractivity contribution in [2.75, 3.05) is 0 Å². The summed E-state index contributed by atoms with van der Waals surface area (Å²) in [6.07, 6.45) is 4.14. The lowest BCUT2D eigenvalue weighted by atomic mass is 9.85. The number of ketones is 1. The van der Waals surface area contributed by atoms with Crippen molar-refractivity contribution in [2.24, 2.45) is 5.92 Å². The van der Waals surface area contributed by atoms with Gasteiger partial charge in [0.2, 0.25) is 0 Å². The van der Waals surface area contributed by atoms with Crippen LogP contribution in [0.1, 0.15) is 48.4 Å². The Kier molecular flexibility index (Phi) is 4.58. The van der Waals surface area contributed by atoms with Crippen molar-refractivity contribution >= 4 is 11.8 Å². The molecule has 1 aliphatic rings. The van der Waals surface area contributed by atoms with Gasteiger partial charge in [-0.2, -0.15) is 0 Å². The van der Waals surface area contributed by atoms with Crippen LogP contribution in [0.15, 0.2) is 12.1 Å². The van der Waals surface area contributed by atoms with Gasteiger partial charge in [-0.1, -0.05) is 25.5 Å². The summed E-state index contributed by atoms with van der Waals surface area (Å²) in [7, 11) is 0. The maximum Gasteiger partial charge on any atom is 0.306 e. The molecule has 1 atom stereocenters. The van der Waals surface area contributed by atoms with Gasteiger partial charge in [-0.05, 0) is 48.4 Å². The Morgan fingerprint density at radius 3 is 2.70 bits per heavy atom. The number of hydrogen-bond donors (Lipinski definition) is 1. The lowest BCUT2D eigenvalue weighted by Gasteiger charge is -2.20. The van der Waals surface area contributed by atoms with E-state index in [1.54, 1.807) is 0 Å². The zero-order chi connectivity index (χ0) is 14.7. The van der Waals surface area contributed by atoms with Crippen LogP contribution in [-0.2, 0) is 28.9 Å².